The highest BCUT2D eigenvalue weighted by molar-refractivity contribution is 7.10. The molecule has 2 aromatic rings. The van der Waals surface area contributed by atoms with Gasteiger partial charge >= 0.3 is 0 Å². The Hall–Kier alpha value is -1.33. The molecule has 2 aromatic heterocycles. The van der Waals surface area contributed by atoms with E-state index in [1.165, 1.54) is 12.8 Å². The third-order valence-corrected chi connectivity index (χ3v) is 4.01. The van der Waals surface area contributed by atoms with Gasteiger partial charge in [0.25, 0.3) is 0 Å². The third kappa shape index (κ3) is 2.08. The van der Waals surface area contributed by atoms with E-state index in [2.05, 4.69) is 15.0 Å². The lowest BCUT2D eigenvalue weighted by Gasteiger charge is -2.04. The Labute approximate surface area is 104 Å². The molecule has 4 nitrogen and oxygen atoms in total. The van der Waals surface area contributed by atoms with Crippen LogP contribution in [0.3, 0.4) is 0 Å². The van der Waals surface area contributed by atoms with Crippen LogP contribution in [-0.4, -0.2) is 15.0 Å². The van der Waals surface area contributed by atoms with Gasteiger partial charge in [-0.15, -0.1) is 11.3 Å². The fourth-order valence-corrected chi connectivity index (χ4v) is 2.76. The van der Waals surface area contributed by atoms with Gasteiger partial charge in [-0.25, -0.2) is 4.98 Å². The average Bonchev–Trinajstić information content (AvgIpc) is 3.07. The van der Waals surface area contributed by atoms with E-state index in [1.54, 1.807) is 23.7 Å². The second-order valence-corrected chi connectivity index (χ2v) is 5.31. The quantitative estimate of drug-likeness (QED) is 0.902. The van der Waals surface area contributed by atoms with E-state index >= 15 is 0 Å². The van der Waals surface area contributed by atoms with E-state index in [4.69, 9.17) is 5.73 Å². The third-order valence-electron chi connectivity index (χ3n) is 3.06. The maximum Gasteiger partial charge on any atom is 0.111 e. The van der Waals surface area contributed by atoms with E-state index in [-0.39, 0.29) is 6.04 Å². The van der Waals surface area contributed by atoms with Crippen molar-refractivity contribution in [2.45, 2.75) is 25.8 Å². The molecule has 1 unspecified atom stereocenters. The van der Waals surface area contributed by atoms with Crippen molar-refractivity contribution in [3.8, 4) is 11.4 Å². The molecule has 1 fully saturated rings. The topological polar surface area (TPSA) is 64.7 Å². The summed E-state index contributed by atoms with van der Waals surface area (Å²) in [6.07, 6.45) is 5.87. The minimum atomic E-state index is 0.103. The van der Waals surface area contributed by atoms with Gasteiger partial charge < -0.3 is 5.73 Å². The van der Waals surface area contributed by atoms with Gasteiger partial charge in [0.1, 0.15) is 16.4 Å². The minimum Gasteiger partial charge on any atom is -0.322 e. The van der Waals surface area contributed by atoms with Crippen LogP contribution in [0.15, 0.2) is 17.8 Å². The lowest BCUT2D eigenvalue weighted by molar-refractivity contribution is 0.629. The highest BCUT2D eigenvalue weighted by atomic mass is 32.1. The molecule has 3 rings (SSSR count). The van der Waals surface area contributed by atoms with Crippen LogP contribution in [0.5, 0.6) is 0 Å². The van der Waals surface area contributed by atoms with Crippen molar-refractivity contribution in [2.75, 3.05) is 0 Å². The number of hydrogen-bond acceptors (Lipinski definition) is 5. The standard InChI is InChI=1S/C12H14N4S/c1-7-11(15-5-4-14-7)9-6-17-12(16-9)10(13)8-2-3-8/h4-6,8,10H,2-3,13H2,1H3. The molecule has 0 saturated heterocycles. The van der Waals surface area contributed by atoms with Crippen LogP contribution in [0.4, 0.5) is 0 Å². The van der Waals surface area contributed by atoms with Crippen LogP contribution in [-0.2, 0) is 0 Å². The van der Waals surface area contributed by atoms with Crippen molar-refractivity contribution < 1.29 is 0 Å². The molecule has 88 valence electrons. The second kappa shape index (κ2) is 4.16. The van der Waals surface area contributed by atoms with Gasteiger partial charge in [-0.2, -0.15) is 0 Å². The zero-order valence-corrected chi connectivity index (χ0v) is 10.4. The van der Waals surface area contributed by atoms with Gasteiger partial charge in [0.05, 0.1) is 11.7 Å². The van der Waals surface area contributed by atoms with Crippen LogP contribution < -0.4 is 5.73 Å². The molecule has 1 saturated carbocycles. The summed E-state index contributed by atoms with van der Waals surface area (Å²) in [5.74, 6) is 0.636. The Bertz CT molecular complexity index is 533. The van der Waals surface area contributed by atoms with Crippen molar-refractivity contribution in [3.05, 3.63) is 28.5 Å². The lowest BCUT2D eigenvalue weighted by Crippen LogP contribution is -2.11. The number of nitrogens with zero attached hydrogens (tertiary/aromatic N) is 3. The molecule has 0 bridgehead atoms. The number of thiazole rings is 1. The Balaban J connectivity index is 1.92. The van der Waals surface area contributed by atoms with Gasteiger partial charge in [0, 0.05) is 17.8 Å². The Morgan fingerprint density at radius 2 is 2.12 bits per heavy atom. The molecule has 0 aromatic carbocycles. The molecule has 0 amide bonds. The zero-order chi connectivity index (χ0) is 11.8. The second-order valence-electron chi connectivity index (χ2n) is 4.42. The van der Waals surface area contributed by atoms with Crippen LogP contribution in [0.25, 0.3) is 11.4 Å². The summed E-state index contributed by atoms with van der Waals surface area (Å²) in [6.45, 7) is 1.95. The number of rotatable bonds is 3. The maximum absolute atomic E-state index is 6.14. The van der Waals surface area contributed by atoms with Crippen molar-refractivity contribution in [1.82, 2.24) is 15.0 Å². The first-order valence-corrected chi connectivity index (χ1v) is 6.62. The molecule has 5 heteroatoms. The molecule has 1 aliphatic carbocycles. The van der Waals surface area contributed by atoms with Crippen LogP contribution in [0, 0.1) is 12.8 Å². The van der Waals surface area contributed by atoms with E-state index < -0.39 is 0 Å². The van der Waals surface area contributed by atoms with Crippen LogP contribution >= 0.6 is 11.3 Å². The number of nitrogens with two attached hydrogens (primary N) is 1. The summed E-state index contributed by atoms with van der Waals surface area (Å²) in [7, 11) is 0. The molecule has 0 aliphatic heterocycles. The largest absolute Gasteiger partial charge is 0.322 e. The normalized spacial score (nSPS) is 17.1. The lowest BCUT2D eigenvalue weighted by atomic mass is 10.2. The predicted octanol–water partition coefficient (Wildman–Crippen LogP) is 2.32. The summed E-state index contributed by atoms with van der Waals surface area (Å²) >= 11 is 1.63. The first kappa shape index (κ1) is 10.8. The summed E-state index contributed by atoms with van der Waals surface area (Å²) in [6, 6.07) is 0.103. The molecule has 0 spiro atoms. The van der Waals surface area contributed by atoms with E-state index in [9.17, 15) is 0 Å². The first-order valence-electron chi connectivity index (χ1n) is 5.74. The Morgan fingerprint density at radius 3 is 2.82 bits per heavy atom. The Kier molecular flexibility index (Phi) is 2.64. The molecular formula is C12H14N4S. The molecule has 17 heavy (non-hydrogen) atoms. The molecule has 1 aliphatic rings. The monoisotopic (exact) mass is 246 g/mol. The SMILES string of the molecule is Cc1nccnc1-c1csc(C(N)C2CC2)n1. The zero-order valence-electron chi connectivity index (χ0n) is 9.63. The van der Waals surface area contributed by atoms with Crippen molar-refractivity contribution in [2.24, 2.45) is 11.7 Å². The summed E-state index contributed by atoms with van der Waals surface area (Å²) < 4.78 is 0. The van der Waals surface area contributed by atoms with Gasteiger partial charge in [0.15, 0.2) is 0 Å². The summed E-state index contributed by atoms with van der Waals surface area (Å²) in [5, 5.41) is 3.04. The van der Waals surface area contributed by atoms with Crippen molar-refractivity contribution >= 4 is 11.3 Å². The molecule has 1 atom stereocenters. The molecule has 2 heterocycles. The van der Waals surface area contributed by atoms with Gasteiger partial charge in [0.2, 0.25) is 0 Å². The summed E-state index contributed by atoms with van der Waals surface area (Å²) in [4.78, 5) is 13.1. The predicted molar refractivity (Wildman–Crippen MR) is 67.5 cm³/mol. The molecule has 2 N–H and O–H groups in total. The first-order chi connectivity index (χ1) is 8.25. The van der Waals surface area contributed by atoms with E-state index in [0.29, 0.717) is 5.92 Å². The maximum atomic E-state index is 6.14. The van der Waals surface area contributed by atoms with Gasteiger partial charge in [-0.1, -0.05) is 0 Å². The van der Waals surface area contributed by atoms with Crippen molar-refractivity contribution in [1.29, 1.82) is 0 Å². The van der Waals surface area contributed by atoms with Crippen LogP contribution in [0.2, 0.25) is 0 Å². The van der Waals surface area contributed by atoms with E-state index in [0.717, 1.165) is 22.1 Å². The highest BCUT2D eigenvalue weighted by Gasteiger charge is 2.31. The smallest absolute Gasteiger partial charge is 0.111 e. The number of hydrogen-bond donors (Lipinski definition) is 1. The fourth-order valence-electron chi connectivity index (χ4n) is 1.87. The minimum absolute atomic E-state index is 0.103. The van der Waals surface area contributed by atoms with Gasteiger partial charge in [-0.3, -0.25) is 9.97 Å². The fraction of sp³-hybridized carbons (Fsp3) is 0.417. The van der Waals surface area contributed by atoms with Crippen molar-refractivity contribution in [3.63, 3.8) is 0 Å². The number of aryl methyl sites for hydroxylation is 1. The Morgan fingerprint density at radius 1 is 1.35 bits per heavy atom. The van der Waals surface area contributed by atoms with E-state index in [1.807, 2.05) is 12.3 Å². The van der Waals surface area contributed by atoms with Crippen LogP contribution in [0.1, 0.15) is 29.6 Å². The van der Waals surface area contributed by atoms with Gasteiger partial charge in [-0.05, 0) is 25.7 Å². The average molecular weight is 246 g/mol. The number of aromatic nitrogens is 3. The molecule has 0 radical (unpaired) electrons. The molecular weight excluding hydrogens is 232 g/mol. The highest BCUT2D eigenvalue weighted by Crippen LogP contribution is 2.40. The summed E-state index contributed by atoms with van der Waals surface area (Å²) in [5.41, 5.74) is 8.80.